The number of piperidine rings is 1. The van der Waals surface area contributed by atoms with Crippen molar-refractivity contribution in [1.82, 2.24) is 5.32 Å². The minimum absolute atomic E-state index is 0.487. The van der Waals surface area contributed by atoms with Crippen molar-refractivity contribution in [1.29, 1.82) is 0 Å². The molecule has 1 aliphatic heterocycles. The Kier molecular flexibility index (Phi) is 4.06. The normalized spacial score (nSPS) is 26.5. The third-order valence-electron chi connectivity index (χ3n) is 2.31. The van der Waals surface area contributed by atoms with E-state index in [-0.39, 0.29) is 0 Å². The molecule has 1 saturated heterocycles. The molecule has 1 rings (SSSR count). The fourth-order valence-electron chi connectivity index (χ4n) is 1.57. The van der Waals surface area contributed by atoms with E-state index in [0.29, 0.717) is 13.0 Å². The van der Waals surface area contributed by atoms with Gasteiger partial charge in [-0.15, -0.1) is 0 Å². The standard InChI is InChI=1S/C12H15NO2/c1-3-5-9-7-11(12(14)15)13-8-10(9)6-4-2/h3-6,11,13H,1-2,7-8H2,(H,14,15)/b9-5-,10-6-. The van der Waals surface area contributed by atoms with Crippen LogP contribution in [0.25, 0.3) is 0 Å². The average molecular weight is 205 g/mol. The van der Waals surface area contributed by atoms with E-state index in [1.54, 1.807) is 12.2 Å². The highest BCUT2D eigenvalue weighted by Crippen LogP contribution is 2.21. The van der Waals surface area contributed by atoms with Crippen molar-refractivity contribution in [2.45, 2.75) is 12.5 Å². The van der Waals surface area contributed by atoms with E-state index in [2.05, 4.69) is 18.5 Å². The van der Waals surface area contributed by atoms with Crippen LogP contribution < -0.4 is 5.32 Å². The highest BCUT2D eigenvalue weighted by atomic mass is 16.4. The minimum Gasteiger partial charge on any atom is -0.480 e. The summed E-state index contributed by atoms with van der Waals surface area (Å²) in [5.41, 5.74) is 2.08. The molecule has 15 heavy (non-hydrogen) atoms. The van der Waals surface area contributed by atoms with Crippen molar-refractivity contribution in [3.05, 3.63) is 48.6 Å². The first-order valence-corrected chi connectivity index (χ1v) is 4.78. The van der Waals surface area contributed by atoms with Crippen LogP contribution in [0.3, 0.4) is 0 Å². The molecule has 1 atom stereocenters. The van der Waals surface area contributed by atoms with Crippen LogP contribution in [0, 0.1) is 0 Å². The van der Waals surface area contributed by atoms with E-state index in [0.717, 1.165) is 11.1 Å². The maximum Gasteiger partial charge on any atom is 0.321 e. The monoisotopic (exact) mass is 205 g/mol. The van der Waals surface area contributed by atoms with Gasteiger partial charge in [0.2, 0.25) is 0 Å². The number of hydrogen-bond acceptors (Lipinski definition) is 2. The molecule has 1 aliphatic rings. The van der Waals surface area contributed by atoms with Gasteiger partial charge in [0.25, 0.3) is 0 Å². The third kappa shape index (κ3) is 2.92. The fraction of sp³-hybridized carbons (Fsp3) is 0.250. The number of aliphatic carboxylic acids is 1. The lowest BCUT2D eigenvalue weighted by Crippen LogP contribution is -2.42. The molecule has 1 unspecified atom stereocenters. The van der Waals surface area contributed by atoms with Gasteiger partial charge in [-0.2, -0.15) is 0 Å². The van der Waals surface area contributed by atoms with E-state index in [1.807, 2.05) is 12.2 Å². The van der Waals surface area contributed by atoms with Crippen molar-refractivity contribution in [2.75, 3.05) is 6.54 Å². The largest absolute Gasteiger partial charge is 0.480 e. The molecular formula is C12H15NO2. The lowest BCUT2D eigenvalue weighted by molar-refractivity contribution is -0.139. The molecule has 80 valence electrons. The molecule has 0 aromatic carbocycles. The van der Waals surface area contributed by atoms with Gasteiger partial charge < -0.3 is 10.4 Å². The van der Waals surface area contributed by atoms with E-state index < -0.39 is 12.0 Å². The number of carboxylic acids is 1. The van der Waals surface area contributed by atoms with Gasteiger partial charge in [-0.05, 0) is 17.6 Å². The molecule has 0 spiro atoms. The second kappa shape index (κ2) is 5.32. The van der Waals surface area contributed by atoms with Crippen molar-refractivity contribution in [2.24, 2.45) is 0 Å². The molecule has 2 N–H and O–H groups in total. The quantitative estimate of drug-likeness (QED) is 0.736. The lowest BCUT2D eigenvalue weighted by Gasteiger charge is -2.25. The summed E-state index contributed by atoms with van der Waals surface area (Å²) >= 11 is 0. The van der Waals surface area contributed by atoms with Gasteiger partial charge in [-0.3, -0.25) is 4.79 Å². The van der Waals surface area contributed by atoms with Crippen LogP contribution in [-0.2, 0) is 4.79 Å². The van der Waals surface area contributed by atoms with E-state index in [1.165, 1.54) is 0 Å². The van der Waals surface area contributed by atoms with E-state index in [4.69, 9.17) is 5.11 Å². The molecule has 3 nitrogen and oxygen atoms in total. The Balaban J connectivity index is 2.87. The van der Waals surface area contributed by atoms with Gasteiger partial charge >= 0.3 is 5.97 Å². The van der Waals surface area contributed by atoms with Crippen molar-refractivity contribution in [3.8, 4) is 0 Å². The first-order valence-electron chi connectivity index (χ1n) is 4.78. The Labute approximate surface area is 89.5 Å². The van der Waals surface area contributed by atoms with Gasteiger partial charge in [0, 0.05) is 6.54 Å². The number of rotatable bonds is 3. The molecule has 0 aromatic heterocycles. The Morgan fingerprint density at radius 2 is 1.93 bits per heavy atom. The maximum atomic E-state index is 10.8. The second-order valence-electron chi connectivity index (χ2n) is 3.33. The van der Waals surface area contributed by atoms with E-state index >= 15 is 0 Å². The SMILES string of the molecule is C=C/C=C1/CC(C(=O)O)NC/C1=C/C=C. The van der Waals surface area contributed by atoms with Gasteiger partial charge in [0.15, 0.2) is 0 Å². The highest BCUT2D eigenvalue weighted by molar-refractivity contribution is 5.75. The van der Waals surface area contributed by atoms with Crippen LogP contribution in [-0.4, -0.2) is 23.7 Å². The smallest absolute Gasteiger partial charge is 0.321 e. The topological polar surface area (TPSA) is 49.3 Å². The van der Waals surface area contributed by atoms with Crippen LogP contribution in [0.15, 0.2) is 48.6 Å². The van der Waals surface area contributed by atoms with Crippen LogP contribution in [0.2, 0.25) is 0 Å². The summed E-state index contributed by atoms with van der Waals surface area (Å²) in [5, 5.41) is 11.8. The Bertz CT molecular complexity index is 340. The fourth-order valence-corrected chi connectivity index (χ4v) is 1.57. The molecule has 0 aliphatic carbocycles. The lowest BCUT2D eigenvalue weighted by atomic mass is 9.93. The van der Waals surface area contributed by atoms with Crippen molar-refractivity contribution < 1.29 is 9.90 Å². The minimum atomic E-state index is -0.817. The summed E-state index contributed by atoms with van der Waals surface area (Å²) in [7, 11) is 0. The summed E-state index contributed by atoms with van der Waals surface area (Å²) < 4.78 is 0. The number of allylic oxidation sites excluding steroid dienone is 4. The molecule has 0 saturated carbocycles. The Morgan fingerprint density at radius 1 is 1.33 bits per heavy atom. The Hall–Kier alpha value is -1.61. The first kappa shape index (κ1) is 11.5. The summed E-state index contributed by atoms with van der Waals surface area (Å²) in [6.07, 6.45) is 7.61. The molecule has 0 amide bonds. The highest BCUT2D eigenvalue weighted by Gasteiger charge is 2.24. The molecular weight excluding hydrogens is 190 g/mol. The zero-order valence-electron chi connectivity index (χ0n) is 8.57. The van der Waals surface area contributed by atoms with Gasteiger partial charge in [-0.1, -0.05) is 37.5 Å². The molecule has 3 heteroatoms. The number of nitrogens with one attached hydrogen (secondary N) is 1. The predicted molar refractivity (Wildman–Crippen MR) is 60.6 cm³/mol. The zero-order chi connectivity index (χ0) is 11.3. The second-order valence-corrected chi connectivity index (χ2v) is 3.33. The van der Waals surface area contributed by atoms with Crippen LogP contribution in [0.5, 0.6) is 0 Å². The van der Waals surface area contributed by atoms with Crippen LogP contribution in [0.4, 0.5) is 0 Å². The molecule has 0 radical (unpaired) electrons. The third-order valence-corrected chi connectivity index (χ3v) is 2.31. The molecule has 0 bridgehead atoms. The average Bonchev–Trinajstić information content (AvgIpc) is 2.21. The summed E-state index contributed by atoms with van der Waals surface area (Å²) in [6, 6.07) is -0.502. The van der Waals surface area contributed by atoms with Crippen LogP contribution >= 0.6 is 0 Å². The Morgan fingerprint density at radius 3 is 2.47 bits per heavy atom. The van der Waals surface area contributed by atoms with Crippen LogP contribution in [0.1, 0.15) is 6.42 Å². The maximum absolute atomic E-state index is 10.8. The summed E-state index contributed by atoms with van der Waals surface area (Å²) in [6.45, 7) is 7.81. The van der Waals surface area contributed by atoms with Crippen molar-refractivity contribution in [3.63, 3.8) is 0 Å². The first-order chi connectivity index (χ1) is 7.19. The van der Waals surface area contributed by atoms with Gasteiger partial charge in [0.1, 0.15) is 6.04 Å². The number of carbonyl (C=O) groups is 1. The zero-order valence-corrected chi connectivity index (χ0v) is 8.57. The van der Waals surface area contributed by atoms with Gasteiger partial charge in [0.05, 0.1) is 0 Å². The molecule has 1 heterocycles. The van der Waals surface area contributed by atoms with Gasteiger partial charge in [-0.25, -0.2) is 0 Å². The summed E-state index contributed by atoms with van der Waals surface area (Å²) in [5.74, 6) is -0.817. The number of carboxylic acid groups (broad SMARTS) is 1. The van der Waals surface area contributed by atoms with E-state index in [9.17, 15) is 4.79 Å². The predicted octanol–water partition coefficient (Wildman–Crippen LogP) is 1.66. The van der Waals surface area contributed by atoms with Crippen molar-refractivity contribution >= 4 is 5.97 Å². The molecule has 0 aromatic rings. The summed E-state index contributed by atoms with van der Waals surface area (Å²) in [4.78, 5) is 10.8. The number of hydrogen-bond donors (Lipinski definition) is 2. The molecule has 1 fully saturated rings.